The van der Waals surface area contributed by atoms with E-state index in [1.807, 2.05) is 35.2 Å². The number of aromatic nitrogens is 2. The molecule has 2 aromatic rings. The normalized spacial score (nSPS) is 18.8. The smallest absolute Gasteiger partial charge is 0.302 e. The van der Waals surface area contributed by atoms with Gasteiger partial charge in [-0.15, -0.1) is 0 Å². The summed E-state index contributed by atoms with van der Waals surface area (Å²) in [5.41, 5.74) is 11.5. The minimum atomic E-state index is -0.675. The predicted octanol–water partition coefficient (Wildman–Crippen LogP) is 0.658. The summed E-state index contributed by atoms with van der Waals surface area (Å²) in [4.78, 5) is 38.6. The Morgan fingerprint density at radius 3 is 2.50 bits per heavy atom. The first kappa shape index (κ1) is 19.9. The summed E-state index contributed by atoms with van der Waals surface area (Å²) in [6.07, 6.45) is 1.45. The molecule has 4 rings (SSSR count). The van der Waals surface area contributed by atoms with Gasteiger partial charge in [0, 0.05) is 25.2 Å². The van der Waals surface area contributed by atoms with Crippen molar-refractivity contribution in [1.29, 1.82) is 0 Å². The van der Waals surface area contributed by atoms with Crippen molar-refractivity contribution in [3.63, 3.8) is 0 Å². The highest BCUT2D eigenvalue weighted by Crippen LogP contribution is 2.26. The van der Waals surface area contributed by atoms with Crippen LogP contribution in [0.1, 0.15) is 33.7 Å². The lowest BCUT2D eigenvalue weighted by Crippen LogP contribution is -2.53. The Hall–Kier alpha value is -3.40. The van der Waals surface area contributed by atoms with Crippen LogP contribution >= 0.6 is 11.6 Å². The number of aliphatic imine (C=N–C) groups is 1. The molecule has 1 spiro atoms. The van der Waals surface area contributed by atoms with Gasteiger partial charge in [0.1, 0.15) is 0 Å². The number of hydrogen-bond acceptors (Lipinski definition) is 6. The average molecular weight is 429 g/mol. The van der Waals surface area contributed by atoms with Crippen LogP contribution in [0.25, 0.3) is 0 Å². The molecule has 30 heavy (non-hydrogen) atoms. The van der Waals surface area contributed by atoms with Crippen LogP contribution in [0.4, 0.5) is 11.6 Å². The number of benzene rings is 1. The Bertz CT molecular complexity index is 1020. The first-order valence-electron chi connectivity index (χ1n) is 9.45. The summed E-state index contributed by atoms with van der Waals surface area (Å²) in [6, 6.07) is 9.22. The Morgan fingerprint density at radius 2 is 1.80 bits per heavy atom. The number of amides is 2. The fraction of sp³-hybridized carbons (Fsp3) is 0.316. The second-order valence-electron chi connectivity index (χ2n) is 7.32. The fourth-order valence-corrected chi connectivity index (χ4v) is 3.74. The number of carbonyl (C=O) groups excluding carboxylic acids is 2. The van der Waals surface area contributed by atoms with Crippen molar-refractivity contribution in [2.24, 2.45) is 4.99 Å². The maximum Gasteiger partial charge on any atom is 0.302 e. The number of likely N-dealkylation sites (tertiary alicyclic amines) is 1. The minimum absolute atomic E-state index is 0.0229. The van der Waals surface area contributed by atoms with Crippen LogP contribution < -0.4 is 22.1 Å². The average Bonchev–Trinajstić information content (AvgIpc) is 3.13. The van der Waals surface area contributed by atoms with E-state index in [0.717, 1.165) is 12.8 Å². The predicted molar refractivity (Wildman–Crippen MR) is 113 cm³/mol. The van der Waals surface area contributed by atoms with Crippen LogP contribution in [0.3, 0.4) is 0 Å². The van der Waals surface area contributed by atoms with Crippen LogP contribution in [-0.4, -0.2) is 57.8 Å². The van der Waals surface area contributed by atoms with Gasteiger partial charge in [0.2, 0.25) is 0 Å². The summed E-state index contributed by atoms with van der Waals surface area (Å²) in [7, 11) is 0. The number of nitrogens with one attached hydrogen (secondary N) is 2. The third-order valence-corrected chi connectivity index (χ3v) is 5.61. The molecule has 156 valence electrons. The van der Waals surface area contributed by atoms with Gasteiger partial charge in [-0.25, -0.2) is 9.97 Å². The van der Waals surface area contributed by atoms with Gasteiger partial charge in [0.15, 0.2) is 28.4 Å². The van der Waals surface area contributed by atoms with Gasteiger partial charge in [0.05, 0.1) is 5.54 Å². The topological polar surface area (TPSA) is 152 Å². The number of carbonyl (C=O) groups is 2. The SMILES string of the molecule is Nc1nc(N)c(C(=O)/N=C2\NCC3(CCN(C(=O)c4ccccc4)CC3)N2)nc1Cl. The zero-order chi connectivity index (χ0) is 21.3. The van der Waals surface area contributed by atoms with Gasteiger partial charge >= 0.3 is 5.91 Å². The lowest BCUT2D eigenvalue weighted by molar-refractivity contribution is 0.0669. The highest BCUT2D eigenvalue weighted by atomic mass is 35.5. The molecule has 1 aromatic carbocycles. The molecule has 2 fully saturated rings. The molecule has 0 atom stereocenters. The van der Waals surface area contributed by atoms with E-state index in [2.05, 4.69) is 25.6 Å². The second kappa shape index (κ2) is 7.79. The van der Waals surface area contributed by atoms with Crippen LogP contribution in [0, 0.1) is 0 Å². The molecule has 2 aliphatic heterocycles. The number of nitrogens with two attached hydrogens (primary N) is 2. The molecule has 3 heterocycles. The van der Waals surface area contributed by atoms with Crippen molar-refractivity contribution in [2.45, 2.75) is 18.4 Å². The first-order valence-corrected chi connectivity index (χ1v) is 9.83. The number of nitrogen functional groups attached to an aromatic ring is 2. The number of hydrogen-bond donors (Lipinski definition) is 4. The van der Waals surface area contributed by atoms with Crippen LogP contribution in [-0.2, 0) is 0 Å². The zero-order valence-electron chi connectivity index (χ0n) is 16.1. The number of halogens is 1. The molecule has 2 amide bonds. The molecule has 2 aliphatic rings. The molecular weight excluding hydrogens is 408 g/mol. The molecule has 11 heteroatoms. The number of guanidine groups is 1. The monoisotopic (exact) mass is 428 g/mol. The highest BCUT2D eigenvalue weighted by Gasteiger charge is 2.40. The molecule has 1 aromatic heterocycles. The van der Waals surface area contributed by atoms with Crippen LogP contribution in [0.5, 0.6) is 0 Å². The molecule has 0 radical (unpaired) electrons. The Kier molecular flexibility index (Phi) is 5.17. The first-order chi connectivity index (χ1) is 14.4. The number of anilines is 2. The van der Waals surface area contributed by atoms with Gasteiger partial charge < -0.3 is 27.0 Å². The van der Waals surface area contributed by atoms with E-state index in [4.69, 9.17) is 23.1 Å². The molecule has 0 aliphatic carbocycles. The summed E-state index contributed by atoms with van der Waals surface area (Å²) >= 11 is 5.83. The number of nitrogens with zero attached hydrogens (tertiary/aromatic N) is 4. The molecular formula is C19H21ClN8O2. The van der Waals surface area contributed by atoms with E-state index < -0.39 is 5.91 Å². The van der Waals surface area contributed by atoms with Crippen molar-refractivity contribution < 1.29 is 9.59 Å². The van der Waals surface area contributed by atoms with Crippen LogP contribution in [0.2, 0.25) is 5.15 Å². The molecule has 0 unspecified atom stereocenters. The standard InChI is InChI=1S/C19H21ClN8O2/c20-13-15(22)25-14(21)12(24-13)16(29)26-18-23-10-19(27-18)6-8-28(9-7-19)17(30)11-4-2-1-3-5-11/h1-5H,6-10H2,(H4,21,22,25)(H2,23,26,27,29). The summed E-state index contributed by atoms with van der Waals surface area (Å²) in [5, 5.41) is 6.29. The molecule has 0 saturated carbocycles. The Balaban J connectivity index is 1.40. The quantitative estimate of drug-likeness (QED) is 0.544. The molecule has 2 saturated heterocycles. The van der Waals surface area contributed by atoms with Gasteiger partial charge in [-0.3, -0.25) is 9.59 Å². The fourth-order valence-electron chi connectivity index (χ4n) is 3.62. The lowest BCUT2D eigenvalue weighted by Gasteiger charge is -2.38. The van der Waals surface area contributed by atoms with Crippen LogP contribution in [0.15, 0.2) is 35.3 Å². The molecule has 0 bridgehead atoms. The molecule has 6 N–H and O–H groups in total. The zero-order valence-corrected chi connectivity index (χ0v) is 16.8. The summed E-state index contributed by atoms with van der Waals surface area (Å²) in [5.74, 6) is -0.504. The third-order valence-electron chi connectivity index (χ3n) is 5.33. The van der Waals surface area contributed by atoms with Crippen molar-refractivity contribution in [3.8, 4) is 0 Å². The van der Waals surface area contributed by atoms with E-state index in [0.29, 0.717) is 31.2 Å². The van der Waals surface area contributed by atoms with Crippen molar-refractivity contribution >= 4 is 41.0 Å². The maximum atomic E-state index is 12.6. The van der Waals surface area contributed by atoms with E-state index >= 15 is 0 Å². The largest absolute Gasteiger partial charge is 0.382 e. The van der Waals surface area contributed by atoms with Gasteiger partial charge in [0.25, 0.3) is 5.91 Å². The third kappa shape index (κ3) is 3.86. The Labute approximate surface area is 177 Å². The van der Waals surface area contributed by atoms with Crippen molar-refractivity contribution in [2.75, 3.05) is 31.1 Å². The minimum Gasteiger partial charge on any atom is -0.382 e. The van der Waals surface area contributed by atoms with Crippen molar-refractivity contribution in [3.05, 3.63) is 46.7 Å². The summed E-state index contributed by atoms with van der Waals surface area (Å²) < 4.78 is 0. The van der Waals surface area contributed by atoms with Gasteiger partial charge in [-0.1, -0.05) is 29.8 Å². The van der Waals surface area contributed by atoms with Crippen molar-refractivity contribution in [1.82, 2.24) is 25.5 Å². The van der Waals surface area contributed by atoms with Gasteiger partial charge in [-0.05, 0) is 25.0 Å². The highest BCUT2D eigenvalue weighted by molar-refractivity contribution is 6.31. The van der Waals surface area contributed by atoms with Gasteiger partial charge in [-0.2, -0.15) is 4.99 Å². The van der Waals surface area contributed by atoms with E-state index in [1.54, 1.807) is 0 Å². The maximum absolute atomic E-state index is 12.6. The second-order valence-corrected chi connectivity index (χ2v) is 7.67. The van der Waals surface area contributed by atoms with E-state index in [9.17, 15) is 9.59 Å². The number of rotatable bonds is 2. The van der Waals surface area contributed by atoms with E-state index in [-0.39, 0.29) is 33.9 Å². The summed E-state index contributed by atoms with van der Waals surface area (Å²) in [6.45, 7) is 1.81. The Morgan fingerprint density at radius 1 is 1.10 bits per heavy atom. The lowest BCUT2D eigenvalue weighted by atomic mass is 9.88. The molecule has 10 nitrogen and oxygen atoms in total. The number of piperidine rings is 1. The van der Waals surface area contributed by atoms with E-state index in [1.165, 1.54) is 0 Å².